The highest BCUT2D eigenvalue weighted by Crippen LogP contribution is 2.35. The van der Waals surface area contributed by atoms with Crippen molar-refractivity contribution < 1.29 is 4.39 Å². The molecule has 3 aromatic rings. The van der Waals surface area contributed by atoms with Gasteiger partial charge in [0, 0.05) is 6.54 Å². The molecule has 18 heavy (non-hydrogen) atoms. The van der Waals surface area contributed by atoms with Gasteiger partial charge in [-0.05, 0) is 25.1 Å². The van der Waals surface area contributed by atoms with Crippen molar-refractivity contribution in [3.63, 3.8) is 0 Å². The van der Waals surface area contributed by atoms with E-state index in [-0.39, 0.29) is 5.82 Å². The summed E-state index contributed by atoms with van der Waals surface area (Å²) in [6.45, 7) is 2.38. The molecule has 0 atom stereocenters. The number of hydrogen-bond acceptors (Lipinski definition) is 5. The average Bonchev–Trinajstić information content (AvgIpc) is 2.91. The molecule has 0 aliphatic rings. The molecule has 0 fully saturated rings. The van der Waals surface area contributed by atoms with Crippen LogP contribution in [-0.4, -0.2) is 9.97 Å². The Balaban J connectivity index is 2.15. The largest absolute Gasteiger partial charge is 0.325 e. The predicted octanol–water partition coefficient (Wildman–Crippen LogP) is 3.33. The molecule has 0 saturated carbocycles. The van der Waals surface area contributed by atoms with Crippen LogP contribution in [0.25, 0.3) is 20.1 Å². The summed E-state index contributed by atoms with van der Waals surface area (Å²) >= 11 is 3.03. The third-order valence-corrected chi connectivity index (χ3v) is 4.91. The molecule has 3 nitrogen and oxygen atoms in total. The number of hydrogen-bond donors (Lipinski definition) is 1. The van der Waals surface area contributed by atoms with E-state index in [1.165, 1.54) is 23.5 Å². The first-order chi connectivity index (χ1) is 8.67. The molecule has 0 saturated heterocycles. The quantitative estimate of drug-likeness (QED) is 0.783. The van der Waals surface area contributed by atoms with Crippen LogP contribution >= 0.6 is 22.7 Å². The first-order valence-corrected chi connectivity index (χ1v) is 7.03. The van der Waals surface area contributed by atoms with Crippen molar-refractivity contribution in [1.29, 1.82) is 0 Å². The Bertz CT molecular complexity index is 717. The lowest BCUT2D eigenvalue weighted by molar-refractivity contribution is 0.630. The first-order valence-electron chi connectivity index (χ1n) is 5.40. The number of thiazole rings is 2. The fourth-order valence-electron chi connectivity index (χ4n) is 1.73. The van der Waals surface area contributed by atoms with E-state index < -0.39 is 0 Å². The first kappa shape index (κ1) is 11.7. The van der Waals surface area contributed by atoms with Crippen molar-refractivity contribution >= 4 is 32.9 Å². The molecule has 3 rings (SSSR count). The molecule has 0 bridgehead atoms. The molecular weight excluding hydrogens is 269 g/mol. The number of benzene rings is 1. The van der Waals surface area contributed by atoms with Gasteiger partial charge in [0.2, 0.25) is 0 Å². The zero-order chi connectivity index (χ0) is 12.7. The highest BCUT2D eigenvalue weighted by molar-refractivity contribution is 7.25. The van der Waals surface area contributed by atoms with Crippen LogP contribution in [0.5, 0.6) is 0 Å². The number of fused-ring (bicyclic) bond motifs is 1. The normalized spacial score (nSPS) is 11.3. The monoisotopic (exact) mass is 279 g/mol. The number of nitrogens with two attached hydrogens (primary N) is 1. The molecule has 1 aromatic carbocycles. The second kappa shape index (κ2) is 4.38. The second-order valence-electron chi connectivity index (χ2n) is 3.86. The maximum absolute atomic E-state index is 13.1. The second-order valence-corrected chi connectivity index (χ2v) is 5.97. The molecule has 0 aliphatic heterocycles. The lowest BCUT2D eigenvalue weighted by Crippen LogP contribution is -1.94. The molecule has 0 spiro atoms. The Hall–Kier alpha value is -1.37. The summed E-state index contributed by atoms with van der Waals surface area (Å²) in [6.07, 6.45) is 0. The molecular formula is C12H10FN3S2. The molecule has 6 heteroatoms. The van der Waals surface area contributed by atoms with Gasteiger partial charge in [-0.15, -0.1) is 22.7 Å². The lowest BCUT2D eigenvalue weighted by Gasteiger charge is -1.88. The molecule has 0 radical (unpaired) electrons. The Kier molecular flexibility index (Phi) is 2.85. The van der Waals surface area contributed by atoms with Crippen molar-refractivity contribution in [2.45, 2.75) is 13.5 Å². The van der Waals surface area contributed by atoms with Gasteiger partial charge in [-0.25, -0.2) is 14.4 Å². The minimum atomic E-state index is -0.235. The van der Waals surface area contributed by atoms with Crippen molar-refractivity contribution in [3.05, 3.63) is 34.7 Å². The number of nitrogens with zero attached hydrogens (tertiary/aromatic N) is 2. The molecule has 2 heterocycles. The summed E-state index contributed by atoms with van der Waals surface area (Å²) in [7, 11) is 0. The van der Waals surface area contributed by atoms with Gasteiger partial charge in [0.05, 0.1) is 20.8 Å². The molecule has 0 amide bonds. The number of aromatic nitrogens is 2. The SMILES string of the molecule is Cc1nc(CN)sc1-c1nc2ccc(F)cc2s1. The van der Waals surface area contributed by atoms with Crippen LogP contribution in [-0.2, 0) is 6.54 Å². The standard InChI is InChI=1S/C12H10FN3S2/c1-6-11(18-10(5-14)15-6)12-16-8-3-2-7(13)4-9(8)17-12/h2-4H,5,14H2,1H3. The van der Waals surface area contributed by atoms with Crippen LogP contribution < -0.4 is 5.73 Å². The third-order valence-electron chi connectivity index (χ3n) is 2.56. The Morgan fingerprint density at radius 3 is 2.83 bits per heavy atom. The molecule has 2 aromatic heterocycles. The van der Waals surface area contributed by atoms with E-state index in [0.29, 0.717) is 6.54 Å². The van der Waals surface area contributed by atoms with Crippen LogP contribution in [0.3, 0.4) is 0 Å². The highest BCUT2D eigenvalue weighted by atomic mass is 32.1. The molecule has 0 aliphatic carbocycles. The van der Waals surface area contributed by atoms with E-state index in [1.807, 2.05) is 6.92 Å². The van der Waals surface area contributed by atoms with Crippen LogP contribution in [0.1, 0.15) is 10.7 Å². The van der Waals surface area contributed by atoms with Gasteiger partial charge in [0.1, 0.15) is 15.8 Å². The number of aryl methyl sites for hydroxylation is 1. The average molecular weight is 279 g/mol. The van der Waals surface area contributed by atoms with Gasteiger partial charge in [-0.3, -0.25) is 0 Å². The van der Waals surface area contributed by atoms with E-state index >= 15 is 0 Å². The topological polar surface area (TPSA) is 51.8 Å². The fourth-order valence-corrected chi connectivity index (χ4v) is 3.79. The van der Waals surface area contributed by atoms with Crippen molar-refractivity contribution in [3.8, 4) is 9.88 Å². The van der Waals surface area contributed by atoms with E-state index in [4.69, 9.17) is 5.73 Å². The van der Waals surface area contributed by atoms with Gasteiger partial charge < -0.3 is 5.73 Å². The van der Waals surface area contributed by atoms with E-state index in [0.717, 1.165) is 30.8 Å². The van der Waals surface area contributed by atoms with Crippen molar-refractivity contribution in [1.82, 2.24) is 9.97 Å². The predicted molar refractivity (Wildman–Crippen MR) is 73.3 cm³/mol. The third kappa shape index (κ3) is 1.92. The Morgan fingerprint density at radius 2 is 2.11 bits per heavy atom. The fraction of sp³-hybridized carbons (Fsp3) is 0.167. The summed E-state index contributed by atoms with van der Waals surface area (Å²) < 4.78 is 14.0. The minimum Gasteiger partial charge on any atom is -0.325 e. The van der Waals surface area contributed by atoms with E-state index in [1.54, 1.807) is 17.4 Å². The summed E-state index contributed by atoms with van der Waals surface area (Å²) in [5.41, 5.74) is 7.34. The Labute approximate surface area is 111 Å². The van der Waals surface area contributed by atoms with Gasteiger partial charge in [0.25, 0.3) is 0 Å². The number of rotatable bonds is 2. The summed E-state index contributed by atoms with van der Waals surface area (Å²) in [5, 5.41) is 1.78. The number of halogens is 1. The zero-order valence-corrected chi connectivity index (χ0v) is 11.2. The van der Waals surface area contributed by atoms with E-state index in [2.05, 4.69) is 9.97 Å². The van der Waals surface area contributed by atoms with Crippen LogP contribution in [0, 0.1) is 12.7 Å². The van der Waals surface area contributed by atoms with Gasteiger partial charge in [0.15, 0.2) is 0 Å². The van der Waals surface area contributed by atoms with Crippen molar-refractivity contribution in [2.75, 3.05) is 0 Å². The van der Waals surface area contributed by atoms with Crippen molar-refractivity contribution in [2.24, 2.45) is 5.73 Å². The highest BCUT2D eigenvalue weighted by Gasteiger charge is 2.13. The van der Waals surface area contributed by atoms with Crippen LogP contribution in [0.2, 0.25) is 0 Å². The maximum Gasteiger partial charge on any atom is 0.136 e. The summed E-state index contributed by atoms with van der Waals surface area (Å²) in [5.74, 6) is -0.235. The molecule has 2 N–H and O–H groups in total. The summed E-state index contributed by atoms with van der Waals surface area (Å²) in [4.78, 5) is 9.92. The lowest BCUT2D eigenvalue weighted by atomic mass is 10.3. The summed E-state index contributed by atoms with van der Waals surface area (Å²) in [6, 6.07) is 4.64. The Morgan fingerprint density at radius 1 is 1.28 bits per heavy atom. The maximum atomic E-state index is 13.1. The smallest absolute Gasteiger partial charge is 0.136 e. The zero-order valence-electron chi connectivity index (χ0n) is 9.61. The van der Waals surface area contributed by atoms with Gasteiger partial charge in [-0.1, -0.05) is 0 Å². The van der Waals surface area contributed by atoms with E-state index in [9.17, 15) is 4.39 Å². The van der Waals surface area contributed by atoms with Crippen LogP contribution in [0.15, 0.2) is 18.2 Å². The van der Waals surface area contributed by atoms with Gasteiger partial charge >= 0.3 is 0 Å². The minimum absolute atomic E-state index is 0.235. The van der Waals surface area contributed by atoms with Crippen LogP contribution in [0.4, 0.5) is 4.39 Å². The van der Waals surface area contributed by atoms with Gasteiger partial charge in [-0.2, -0.15) is 0 Å². The molecule has 92 valence electrons. The molecule has 0 unspecified atom stereocenters.